The number of hydrogen-bond donors (Lipinski definition) is 2. The molecule has 2 N–H and O–H groups in total. The van der Waals surface area contributed by atoms with Gasteiger partial charge in [0, 0.05) is 17.8 Å². The molecule has 6 heteroatoms. The summed E-state index contributed by atoms with van der Waals surface area (Å²) in [5, 5.41) is 13.1. The van der Waals surface area contributed by atoms with E-state index in [2.05, 4.69) is 47.9 Å². The Hall–Kier alpha value is -2.50. The molecule has 1 heterocycles. The summed E-state index contributed by atoms with van der Waals surface area (Å²) in [4.78, 5) is 8.90. The largest absolute Gasteiger partial charge is 0.490 e. The number of aliphatic carboxylic acids is 1. The maximum Gasteiger partial charge on any atom is 0.490 e. The van der Waals surface area contributed by atoms with Crippen LogP contribution < -0.4 is 15.8 Å². The van der Waals surface area contributed by atoms with E-state index in [1.165, 1.54) is 34.4 Å². The van der Waals surface area contributed by atoms with Crippen LogP contribution in [0.25, 0.3) is 11.8 Å². The zero-order valence-corrected chi connectivity index (χ0v) is 12.0. The predicted octanol–water partition coefficient (Wildman–Crippen LogP) is 1.93. The molecule has 1 saturated carbocycles. The number of rotatable bonds is 0. The van der Waals surface area contributed by atoms with E-state index in [1.807, 2.05) is 6.20 Å². The van der Waals surface area contributed by atoms with Crippen LogP contribution in [0.2, 0.25) is 0 Å². The highest BCUT2D eigenvalue weighted by molar-refractivity contribution is 5.73. The van der Waals surface area contributed by atoms with Gasteiger partial charge in [0.15, 0.2) is 0 Å². The molecule has 1 spiro atoms. The molecule has 3 nitrogen and oxygen atoms in total. The number of allylic oxidation sites excluding steroid dienone is 3. The SMILES string of the molecule is C1=CC2=c3c(cccc3=CN1)C1(C=C2)CC1.O=C(O)C(F)(F)F. The summed E-state index contributed by atoms with van der Waals surface area (Å²) >= 11 is 0. The van der Waals surface area contributed by atoms with E-state index in [0.29, 0.717) is 5.41 Å². The summed E-state index contributed by atoms with van der Waals surface area (Å²) in [6.07, 6.45) is 8.48. The lowest BCUT2D eigenvalue weighted by Crippen LogP contribution is -2.35. The number of carboxylic acids is 1. The molecule has 0 unspecified atom stereocenters. The van der Waals surface area contributed by atoms with Crippen LogP contribution in [0.5, 0.6) is 0 Å². The van der Waals surface area contributed by atoms with Crippen molar-refractivity contribution >= 4 is 17.7 Å². The molecule has 2 aliphatic carbocycles. The second-order valence-corrected chi connectivity index (χ2v) is 5.66. The van der Waals surface area contributed by atoms with Gasteiger partial charge < -0.3 is 10.4 Å². The Balaban J connectivity index is 0.000000193. The number of benzene rings is 1. The summed E-state index contributed by atoms with van der Waals surface area (Å²) in [6.45, 7) is 0. The Bertz CT molecular complexity index is 830. The lowest BCUT2D eigenvalue weighted by Gasteiger charge is -2.17. The minimum Gasteiger partial charge on any atom is -0.475 e. The van der Waals surface area contributed by atoms with Crippen LogP contribution in [-0.2, 0) is 10.2 Å². The Labute approximate surface area is 130 Å². The van der Waals surface area contributed by atoms with Gasteiger partial charge in [-0.25, -0.2) is 4.79 Å². The van der Waals surface area contributed by atoms with Gasteiger partial charge in [0.2, 0.25) is 0 Å². The van der Waals surface area contributed by atoms with E-state index in [-0.39, 0.29) is 0 Å². The number of carbonyl (C=O) groups is 1. The molecule has 0 atom stereocenters. The number of carboxylic acid groups (broad SMARTS) is 1. The Kier molecular flexibility index (Phi) is 3.55. The average Bonchev–Trinajstić information content (AvgIpc) is 3.28. The first kappa shape index (κ1) is 15.4. The first-order chi connectivity index (χ1) is 10.8. The Morgan fingerprint density at radius 2 is 1.91 bits per heavy atom. The fourth-order valence-corrected chi connectivity index (χ4v) is 2.84. The molecule has 3 aliphatic rings. The van der Waals surface area contributed by atoms with E-state index < -0.39 is 12.1 Å². The monoisotopic (exact) mass is 321 g/mol. The molecule has 120 valence electrons. The maximum absolute atomic E-state index is 10.6. The molecule has 1 aromatic carbocycles. The molecular formula is C17H14F3NO2. The number of nitrogens with one attached hydrogen (secondary N) is 1. The predicted molar refractivity (Wildman–Crippen MR) is 79.6 cm³/mol. The summed E-state index contributed by atoms with van der Waals surface area (Å²) in [7, 11) is 0. The first-order valence-corrected chi connectivity index (χ1v) is 7.09. The summed E-state index contributed by atoms with van der Waals surface area (Å²) < 4.78 is 31.7. The van der Waals surface area contributed by atoms with Gasteiger partial charge in [0.25, 0.3) is 0 Å². The fourth-order valence-electron chi connectivity index (χ4n) is 2.84. The molecular weight excluding hydrogens is 307 g/mol. The molecule has 1 aliphatic heterocycles. The zero-order chi connectivity index (χ0) is 16.7. The normalized spacial score (nSPS) is 18.8. The highest BCUT2D eigenvalue weighted by Gasteiger charge is 2.43. The van der Waals surface area contributed by atoms with Gasteiger partial charge in [-0.15, -0.1) is 0 Å². The van der Waals surface area contributed by atoms with Crippen molar-refractivity contribution < 1.29 is 23.1 Å². The second-order valence-electron chi connectivity index (χ2n) is 5.66. The van der Waals surface area contributed by atoms with Gasteiger partial charge in [0.1, 0.15) is 0 Å². The first-order valence-electron chi connectivity index (χ1n) is 7.09. The minimum absolute atomic E-state index is 0.376. The van der Waals surface area contributed by atoms with E-state index in [9.17, 15) is 13.2 Å². The maximum atomic E-state index is 10.6. The quantitative estimate of drug-likeness (QED) is 0.768. The van der Waals surface area contributed by atoms with Crippen molar-refractivity contribution in [3.05, 3.63) is 58.6 Å². The minimum atomic E-state index is -5.08. The lowest BCUT2D eigenvalue weighted by atomic mass is 9.86. The molecule has 0 saturated heterocycles. The van der Waals surface area contributed by atoms with E-state index in [4.69, 9.17) is 9.90 Å². The summed E-state index contributed by atoms with van der Waals surface area (Å²) in [6, 6.07) is 6.66. The highest BCUT2D eigenvalue weighted by atomic mass is 19.4. The molecule has 0 bridgehead atoms. The van der Waals surface area contributed by atoms with Crippen LogP contribution in [0.15, 0.2) is 42.6 Å². The third-order valence-corrected chi connectivity index (χ3v) is 4.13. The number of fused-ring (bicyclic) bond motifs is 1. The van der Waals surface area contributed by atoms with Crippen molar-refractivity contribution in [1.82, 2.24) is 5.32 Å². The number of alkyl halides is 3. The van der Waals surface area contributed by atoms with Gasteiger partial charge >= 0.3 is 12.1 Å². The van der Waals surface area contributed by atoms with Crippen molar-refractivity contribution in [2.45, 2.75) is 24.4 Å². The van der Waals surface area contributed by atoms with Crippen LogP contribution in [0.4, 0.5) is 13.2 Å². The van der Waals surface area contributed by atoms with Crippen LogP contribution in [0, 0.1) is 0 Å². The summed E-state index contributed by atoms with van der Waals surface area (Å²) in [5.41, 5.74) is 3.23. The zero-order valence-electron chi connectivity index (χ0n) is 12.0. The van der Waals surface area contributed by atoms with Crippen LogP contribution >= 0.6 is 0 Å². The lowest BCUT2D eigenvalue weighted by molar-refractivity contribution is -0.192. The van der Waals surface area contributed by atoms with Crippen molar-refractivity contribution in [3.63, 3.8) is 0 Å². The molecule has 1 aromatic rings. The number of halogens is 3. The molecule has 0 radical (unpaired) electrons. The van der Waals surface area contributed by atoms with E-state index >= 15 is 0 Å². The van der Waals surface area contributed by atoms with Crippen molar-refractivity contribution in [3.8, 4) is 0 Å². The van der Waals surface area contributed by atoms with Crippen LogP contribution in [0.1, 0.15) is 18.4 Å². The number of hydrogen-bond acceptors (Lipinski definition) is 2. The van der Waals surface area contributed by atoms with Gasteiger partial charge in [-0.3, -0.25) is 0 Å². The van der Waals surface area contributed by atoms with Gasteiger partial charge in [-0.2, -0.15) is 13.2 Å². The Morgan fingerprint density at radius 1 is 1.22 bits per heavy atom. The molecule has 0 aromatic heterocycles. The van der Waals surface area contributed by atoms with Gasteiger partial charge in [-0.1, -0.05) is 30.4 Å². The molecule has 23 heavy (non-hydrogen) atoms. The van der Waals surface area contributed by atoms with Crippen LogP contribution in [-0.4, -0.2) is 17.3 Å². The topological polar surface area (TPSA) is 49.3 Å². The third kappa shape index (κ3) is 2.88. The fraction of sp³-hybridized carbons (Fsp3) is 0.235. The average molecular weight is 321 g/mol. The molecule has 4 rings (SSSR count). The van der Waals surface area contributed by atoms with Crippen molar-refractivity contribution in [2.75, 3.05) is 0 Å². The van der Waals surface area contributed by atoms with Gasteiger partial charge in [0.05, 0.1) is 0 Å². The van der Waals surface area contributed by atoms with Gasteiger partial charge in [-0.05, 0) is 40.5 Å². The van der Waals surface area contributed by atoms with E-state index in [1.54, 1.807) is 0 Å². The second kappa shape index (κ2) is 5.30. The molecule has 0 amide bonds. The third-order valence-electron chi connectivity index (χ3n) is 4.13. The molecule has 1 fully saturated rings. The smallest absolute Gasteiger partial charge is 0.475 e. The standard InChI is InChI=1S/C15H13N.C2HF3O2/c1-2-12-10-16-9-5-11-4-6-15(7-8-15)13(3-1)14(11)12;3-2(4,5)1(6)7/h1-6,9-10,16H,7-8H2;(H,6,7). The van der Waals surface area contributed by atoms with Crippen molar-refractivity contribution in [1.29, 1.82) is 0 Å². The summed E-state index contributed by atoms with van der Waals surface area (Å²) in [5.74, 6) is -2.76. The Morgan fingerprint density at radius 3 is 2.52 bits per heavy atom. The highest BCUT2D eigenvalue weighted by Crippen LogP contribution is 2.49. The van der Waals surface area contributed by atoms with Crippen molar-refractivity contribution in [2.24, 2.45) is 0 Å². The van der Waals surface area contributed by atoms with Crippen LogP contribution in [0.3, 0.4) is 0 Å². The van der Waals surface area contributed by atoms with E-state index in [0.717, 1.165) is 0 Å².